The van der Waals surface area contributed by atoms with Crippen LogP contribution in [0.15, 0.2) is 40.9 Å². The van der Waals surface area contributed by atoms with Crippen LogP contribution in [0.1, 0.15) is 18.9 Å². The molecule has 0 heterocycles. The summed E-state index contributed by atoms with van der Waals surface area (Å²) in [5, 5.41) is 4.00. The molecule has 5 heteroatoms. The highest BCUT2D eigenvalue weighted by atomic mass is 79.9. The number of methoxy groups -OCH3 is 1. The SMILES string of the molecule is CCCOc1c(CNc2ccc(Br)cc2)cc(Cl)cc1OC. The molecule has 0 aromatic heterocycles. The van der Waals surface area contributed by atoms with E-state index in [0.29, 0.717) is 23.9 Å². The van der Waals surface area contributed by atoms with Crippen LogP contribution in [0.2, 0.25) is 5.02 Å². The second-order valence-corrected chi connectivity index (χ2v) is 6.16. The molecule has 1 N–H and O–H groups in total. The van der Waals surface area contributed by atoms with Crippen molar-refractivity contribution in [1.29, 1.82) is 0 Å². The molecule has 118 valence electrons. The maximum atomic E-state index is 6.17. The van der Waals surface area contributed by atoms with Crippen molar-refractivity contribution in [2.75, 3.05) is 19.0 Å². The van der Waals surface area contributed by atoms with E-state index < -0.39 is 0 Å². The first-order valence-electron chi connectivity index (χ1n) is 7.12. The first-order valence-corrected chi connectivity index (χ1v) is 8.29. The number of anilines is 1. The highest BCUT2D eigenvalue weighted by Gasteiger charge is 2.12. The Morgan fingerprint density at radius 3 is 2.55 bits per heavy atom. The van der Waals surface area contributed by atoms with Gasteiger partial charge in [0, 0.05) is 33.4 Å². The molecular formula is C17H19BrClNO2. The second kappa shape index (κ2) is 8.30. The third-order valence-corrected chi connectivity index (χ3v) is 3.84. The molecule has 0 aliphatic rings. The quantitative estimate of drug-likeness (QED) is 0.682. The summed E-state index contributed by atoms with van der Waals surface area (Å²) >= 11 is 9.60. The van der Waals surface area contributed by atoms with Gasteiger partial charge in [-0.05, 0) is 36.8 Å². The molecule has 0 saturated heterocycles. The summed E-state index contributed by atoms with van der Waals surface area (Å²) in [6.45, 7) is 3.32. The molecule has 0 aliphatic heterocycles. The third-order valence-electron chi connectivity index (χ3n) is 3.09. The summed E-state index contributed by atoms with van der Waals surface area (Å²) in [7, 11) is 1.62. The average Bonchev–Trinajstić information content (AvgIpc) is 2.52. The van der Waals surface area contributed by atoms with E-state index in [0.717, 1.165) is 27.9 Å². The van der Waals surface area contributed by atoms with Gasteiger partial charge in [-0.3, -0.25) is 0 Å². The molecule has 2 rings (SSSR count). The summed E-state index contributed by atoms with van der Waals surface area (Å²) < 4.78 is 12.3. The fourth-order valence-corrected chi connectivity index (χ4v) is 2.53. The number of ether oxygens (including phenoxy) is 2. The monoisotopic (exact) mass is 383 g/mol. The molecule has 2 aromatic carbocycles. The molecule has 0 amide bonds. The number of nitrogens with one attached hydrogen (secondary N) is 1. The van der Waals surface area contributed by atoms with Crippen LogP contribution in [0, 0.1) is 0 Å². The van der Waals surface area contributed by atoms with Crippen molar-refractivity contribution in [2.45, 2.75) is 19.9 Å². The Bertz CT molecular complexity index is 617. The van der Waals surface area contributed by atoms with Crippen LogP contribution in [0.5, 0.6) is 11.5 Å². The van der Waals surface area contributed by atoms with E-state index in [9.17, 15) is 0 Å². The van der Waals surface area contributed by atoms with Crippen molar-refractivity contribution in [2.24, 2.45) is 0 Å². The van der Waals surface area contributed by atoms with Gasteiger partial charge in [-0.25, -0.2) is 0 Å². The Hall–Kier alpha value is -1.39. The molecule has 0 fully saturated rings. The largest absolute Gasteiger partial charge is 0.493 e. The van der Waals surface area contributed by atoms with Crippen molar-refractivity contribution in [3.05, 3.63) is 51.5 Å². The predicted octanol–water partition coefficient (Wildman–Crippen LogP) is 5.51. The van der Waals surface area contributed by atoms with Crippen LogP contribution in [0.25, 0.3) is 0 Å². The Kier molecular flexibility index (Phi) is 6.40. The molecule has 2 aromatic rings. The third kappa shape index (κ3) is 4.55. The molecule has 0 atom stereocenters. The molecular weight excluding hydrogens is 366 g/mol. The minimum Gasteiger partial charge on any atom is -0.493 e. The van der Waals surface area contributed by atoms with Crippen molar-refractivity contribution < 1.29 is 9.47 Å². The molecule has 22 heavy (non-hydrogen) atoms. The number of benzene rings is 2. The van der Waals surface area contributed by atoms with Gasteiger partial charge in [0.15, 0.2) is 11.5 Å². The lowest BCUT2D eigenvalue weighted by molar-refractivity contribution is 0.291. The Morgan fingerprint density at radius 2 is 1.91 bits per heavy atom. The van der Waals surface area contributed by atoms with E-state index in [1.165, 1.54) is 0 Å². The molecule has 0 spiro atoms. The zero-order valence-corrected chi connectivity index (χ0v) is 15.0. The van der Waals surface area contributed by atoms with Crippen molar-refractivity contribution in [3.63, 3.8) is 0 Å². The van der Waals surface area contributed by atoms with E-state index in [2.05, 4.69) is 28.2 Å². The van der Waals surface area contributed by atoms with Crippen LogP contribution >= 0.6 is 27.5 Å². The van der Waals surface area contributed by atoms with E-state index in [-0.39, 0.29) is 0 Å². The zero-order valence-electron chi connectivity index (χ0n) is 12.7. The molecule has 0 bridgehead atoms. The van der Waals surface area contributed by atoms with E-state index in [1.807, 2.05) is 30.3 Å². The fourth-order valence-electron chi connectivity index (χ4n) is 2.04. The van der Waals surface area contributed by atoms with Crippen molar-refractivity contribution in [3.8, 4) is 11.5 Å². The molecule has 3 nitrogen and oxygen atoms in total. The Labute approximate surface area is 144 Å². The van der Waals surface area contributed by atoms with E-state index >= 15 is 0 Å². The lowest BCUT2D eigenvalue weighted by Crippen LogP contribution is -2.06. The number of halogens is 2. The van der Waals surface area contributed by atoms with Gasteiger partial charge in [0.05, 0.1) is 13.7 Å². The summed E-state index contributed by atoms with van der Waals surface area (Å²) in [5.41, 5.74) is 2.00. The zero-order chi connectivity index (χ0) is 15.9. The molecule has 0 saturated carbocycles. The predicted molar refractivity (Wildman–Crippen MR) is 95.3 cm³/mol. The van der Waals surface area contributed by atoms with Gasteiger partial charge in [0.2, 0.25) is 0 Å². The topological polar surface area (TPSA) is 30.5 Å². The van der Waals surface area contributed by atoms with Gasteiger partial charge < -0.3 is 14.8 Å². The van der Waals surface area contributed by atoms with Crippen LogP contribution in [-0.2, 0) is 6.54 Å². The van der Waals surface area contributed by atoms with Crippen molar-refractivity contribution in [1.82, 2.24) is 0 Å². The lowest BCUT2D eigenvalue weighted by Gasteiger charge is -2.16. The van der Waals surface area contributed by atoms with E-state index in [4.69, 9.17) is 21.1 Å². The smallest absolute Gasteiger partial charge is 0.166 e. The van der Waals surface area contributed by atoms with Gasteiger partial charge in [-0.2, -0.15) is 0 Å². The number of rotatable bonds is 7. The summed E-state index contributed by atoms with van der Waals surface area (Å²) in [4.78, 5) is 0. The maximum Gasteiger partial charge on any atom is 0.166 e. The fraction of sp³-hybridized carbons (Fsp3) is 0.294. The first kappa shape index (κ1) is 17.0. The van der Waals surface area contributed by atoms with Crippen LogP contribution < -0.4 is 14.8 Å². The van der Waals surface area contributed by atoms with E-state index in [1.54, 1.807) is 13.2 Å². The van der Waals surface area contributed by atoms with Crippen LogP contribution in [0.3, 0.4) is 0 Å². The lowest BCUT2D eigenvalue weighted by atomic mass is 10.1. The summed E-state index contributed by atoms with van der Waals surface area (Å²) in [6, 6.07) is 11.7. The Balaban J connectivity index is 2.20. The van der Waals surface area contributed by atoms with Gasteiger partial charge in [0.1, 0.15) is 0 Å². The summed E-state index contributed by atoms with van der Waals surface area (Å²) in [5.74, 6) is 1.41. The first-order chi connectivity index (χ1) is 10.6. The minimum atomic E-state index is 0.609. The maximum absolute atomic E-state index is 6.17. The second-order valence-electron chi connectivity index (χ2n) is 4.81. The number of hydrogen-bond acceptors (Lipinski definition) is 3. The van der Waals surface area contributed by atoms with Crippen LogP contribution in [-0.4, -0.2) is 13.7 Å². The highest BCUT2D eigenvalue weighted by molar-refractivity contribution is 9.10. The molecule has 0 unspecified atom stereocenters. The highest BCUT2D eigenvalue weighted by Crippen LogP contribution is 2.35. The standard InChI is InChI=1S/C17H19BrClNO2/c1-3-8-22-17-12(9-14(19)10-16(17)21-2)11-20-15-6-4-13(18)5-7-15/h4-7,9-10,20H,3,8,11H2,1-2H3. The van der Waals surface area contributed by atoms with Gasteiger partial charge in [0.25, 0.3) is 0 Å². The van der Waals surface area contributed by atoms with Gasteiger partial charge in [-0.15, -0.1) is 0 Å². The average molecular weight is 385 g/mol. The molecule has 0 aliphatic carbocycles. The van der Waals surface area contributed by atoms with Crippen LogP contribution in [0.4, 0.5) is 5.69 Å². The van der Waals surface area contributed by atoms with Gasteiger partial charge in [-0.1, -0.05) is 34.5 Å². The number of hydrogen-bond donors (Lipinski definition) is 1. The van der Waals surface area contributed by atoms with Gasteiger partial charge >= 0.3 is 0 Å². The summed E-state index contributed by atoms with van der Waals surface area (Å²) in [6.07, 6.45) is 0.936. The minimum absolute atomic E-state index is 0.609. The normalized spacial score (nSPS) is 10.4. The Morgan fingerprint density at radius 1 is 1.18 bits per heavy atom. The van der Waals surface area contributed by atoms with Crippen molar-refractivity contribution >= 4 is 33.2 Å². The molecule has 0 radical (unpaired) electrons.